The van der Waals surface area contributed by atoms with Gasteiger partial charge in [-0.2, -0.15) is 0 Å². The van der Waals surface area contributed by atoms with Crippen molar-refractivity contribution in [1.29, 1.82) is 0 Å². The SMILES string of the molecule is CCN(C(=O)CC(C)=O)c1cccc(C)c1. The molecule has 1 aromatic carbocycles. The molecule has 16 heavy (non-hydrogen) atoms. The molecule has 0 spiro atoms. The van der Waals surface area contributed by atoms with E-state index in [-0.39, 0.29) is 18.1 Å². The highest BCUT2D eigenvalue weighted by molar-refractivity contribution is 6.04. The van der Waals surface area contributed by atoms with E-state index in [4.69, 9.17) is 0 Å². The number of carbonyl (C=O) groups is 2. The largest absolute Gasteiger partial charge is 0.312 e. The first-order valence-electron chi connectivity index (χ1n) is 5.41. The molecule has 0 fully saturated rings. The molecule has 0 aliphatic rings. The Labute approximate surface area is 96.1 Å². The molecule has 0 aliphatic heterocycles. The number of carbonyl (C=O) groups excluding carboxylic acids is 2. The second-order valence-corrected chi connectivity index (χ2v) is 3.86. The van der Waals surface area contributed by atoms with Crippen molar-refractivity contribution in [3.05, 3.63) is 29.8 Å². The number of amides is 1. The predicted octanol–water partition coefficient (Wildman–Crippen LogP) is 2.33. The van der Waals surface area contributed by atoms with Crippen molar-refractivity contribution < 1.29 is 9.59 Å². The van der Waals surface area contributed by atoms with E-state index in [0.29, 0.717) is 6.54 Å². The van der Waals surface area contributed by atoms with Crippen LogP contribution >= 0.6 is 0 Å². The van der Waals surface area contributed by atoms with Crippen molar-refractivity contribution in [2.45, 2.75) is 27.2 Å². The van der Waals surface area contributed by atoms with Crippen molar-refractivity contribution in [3.63, 3.8) is 0 Å². The molecular formula is C13H17NO2. The Morgan fingerprint density at radius 3 is 2.50 bits per heavy atom. The number of Topliss-reactive ketones (excluding diaryl/α,β-unsaturated/α-hetero) is 1. The third-order valence-corrected chi connectivity index (χ3v) is 2.33. The summed E-state index contributed by atoms with van der Waals surface area (Å²) in [6.45, 7) is 5.89. The molecule has 1 rings (SSSR count). The van der Waals surface area contributed by atoms with Gasteiger partial charge in [0, 0.05) is 12.2 Å². The number of rotatable bonds is 4. The summed E-state index contributed by atoms with van der Waals surface area (Å²) in [5.41, 5.74) is 1.96. The average molecular weight is 219 g/mol. The number of nitrogens with zero attached hydrogens (tertiary/aromatic N) is 1. The number of hydrogen-bond acceptors (Lipinski definition) is 2. The topological polar surface area (TPSA) is 37.4 Å². The summed E-state index contributed by atoms with van der Waals surface area (Å²) in [7, 11) is 0. The first-order chi connectivity index (χ1) is 7.54. The number of aryl methyl sites for hydroxylation is 1. The van der Waals surface area contributed by atoms with Crippen LogP contribution in [0.25, 0.3) is 0 Å². The second kappa shape index (κ2) is 5.45. The quantitative estimate of drug-likeness (QED) is 0.729. The molecule has 3 heteroatoms. The molecule has 0 unspecified atom stereocenters. The van der Waals surface area contributed by atoms with Gasteiger partial charge < -0.3 is 4.90 Å². The van der Waals surface area contributed by atoms with Gasteiger partial charge in [-0.15, -0.1) is 0 Å². The van der Waals surface area contributed by atoms with Crippen LogP contribution in [-0.2, 0) is 9.59 Å². The molecule has 0 N–H and O–H groups in total. The summed E-state index contributed by atoms with van der Waals surface area (Å²) in [4.78, 5) is 24.4. The third-order valence-electron chi connectivity index (χ3n) is 2.33. The summed E-state index contributed by atoms with van der Waals surface area (Å²) >= 11 is 0. The van der Waals surface area contributed by atoms with E-state index in [1.54, 1.807) is 4.90 Å². The first-order valence-corrected chi connectivity index (χ1v) is 5.41. The van der Waals surface area contributed by atoms with Crippen LogP contribution in [0.4, 0.5) is 5.69 Å². The third kappa shape index (κ3) is 3.19. The Kier molecular flexibility index (Phi) is 4.23. The molecule has 0 saturated heterocycles. The van der Waals surface area contributed by atoms with Gasteiger partial charge in [0.1, 0.15) is 5.78 Å². The van der Waals surface area contributed by atoms with E-state index in [1.165, 1.54) is 6.92 Å². The smallest absolute Gasteiger partial charge is 0.234 e. The Morgan fingerprint density at radius 2 is 2.00 bits per heavy atom. The molecular weight excluding hydrogens is 202 g/mol. The van der Waals surface area contributed by atoms with Crippen LogP contribution in [0.3, 0.4) is 0 Å². The zero-order valence-corrected chi connectivity index (χ0v) is 9.99. The van der Waals surface area contributed by atoms with Gasteiger partial charge in [-0.25, -0.2) is 0 Å². The molecule has 0 aromatic heterocycles. The molecule has 86 valence electrons. The molecule has 0 heterocycles. The normalized spacial score (nSPS) is 9.94. The molecule has 1 aromatic rings. The second-order valence-electron chi connectivity index (χ2n) is 3.86. The van der Waals surface area contributed by atoms with Gasteiger partial charge in [0.05, 0.1) is 6.42 Å². The molecule has 0 bridgehead atoms. The van der Waals surface area contributed by atoms with Crippen LogP contribution in [0.2, 0.25) is 0 Å². The van der Waals surface area contributed by atoms with E-state index in [0.717, 1.165) is 11.3 Å². The summed E-state index contributed by atoms with van der Waals surface area (Å²) in [5, 5.41) is 0. The number of ketones is 1. The molecule has 3 nitrogen and oxygen atoms in total. The lowest BCUT2D eigenvalue weighted by Gasteiger charge is -2.20. The standard InChI is InChI=1S/C13H17NO2/c1-4-14(13(16)9-11(3)15)12-7-5-6-10(2)8-12/h5-8H,4,9H2,1-3H3. The Hall–Kier alpha value is -1.64. The van der Waals surface area contributed by atoms with Crippen LogP contribution < -0.4 is 4.90 Å². The van der Waals surface area contributed by atoms with Gasteiger partial charge in [-0.05, 0) is 38.5 Å². The number of anilines is 1. The first kappa shape index (κ1) is 12.4. The highest BCUT2D eigenvalue weighted by Gasteiger charge is 2.15. The monoisotopic (exact) mass is 219 g/mol. The zero-order chi connectivity index (χ0) is 12.1. The van der Waals surface area contributed by atoms with E-state index in [1.807, 2.05) is 38.1 Å². The lowest BCUT2D eigenvalue weighted by atomic mass is 10.2. The van der Waals surface area contributed by atoms with Crippen molar-refractivity contribution in [1.82, 2.24) is 0 Å². The Morgan fingerprint density at radius 1 is 1.31 bits per heavy atom. The summed E-state index contributed by atoms with van der Waals surface area (Å²) in [6, 6.07) is 7.72. The summed E-state index contributed by atoms with van der Waals surface area (Å²) < 4.78 is 0. The molecule has 0 atom stereocenters. The molecule has 0 saturated carbocycles. The molecule has 1 amide bonds. The van der Waals surface area contributed by atoms with Crippen LogP contribution in [0.5, 0.6) is 0 Å². The Bertz CT molecular complexity index is 399. The van der Waals surface area contributed by atoms with Crippen LogP contribution in [0.1, 0.15) is 25.8 Å². The van der Waals surface area contributed by atoms with E-state index < -0.39 is 0 Å². The van der Waals surface area contributed by atoms with Crippen molar-refractivity contribution in [3.8, 4) is 0 Å². The highest BCUT2D eigenvalue weighted by atomic mass is 16.2. The van der Waals surface area contributed by atoms with Gasteiger partial charge in [0.15, 0.2) is 0 Å². The van der Waals surface area contributed by atoms with Gasteiger partial charge in [-0.3, -0.25) is 9.59 Å². The van der Waals surface area contributed by atoms with Gasteiger partial charge in [0.25, 0.3) is 0 Å². The fourth-order valence-corrected chi connectivity index (χ4v) is 1.61. The van der Waals surface area contributed by atoms with Crippen molar-refractivity contribution >= 4 is 17.4 Å². The van der Waals surface area contributed by atoms with Gasteiger partial charge >= 0.3 is 0 Å². The predicted molar refractivity (Wildman–Crippen MR) is 64.5 cm³/mol. The van der Waals surface area contributed by atoms with E-state index in [2.05, 4.69) is 0 Å². The zero-order valence-electron chi connectivity index (χ0n) is 9.99. The fraction of sp³-hybridized carbons (Fsp3) is 0.385. The minimum atomic E-state index is -0.138. The van der Waals surface area contributed by atoms with Crippen LogP contribution in [-0.4, -0.2) is 18.2 Å². The van der Waals surface area contributed by atoms with Gasteiger partial charge in [-0.1, -0.05) is 12.1 Å². The maximum absolute atomic E-state index is 11.8. The Balaban J connectivity index is 2.89. The molecule has 0 radical (unpaired) electrons. The van der Waals surface area contributed by atoms with Crippen molar-refractivity contribution in [2.24, 2.45) is 0 Å². The molecule has 0 aliphatic carbocycles. The summed E-state index contributed by atoms with van der Waals surface area (Å²) in [5.74, 6) is -0.239. The van der Waals surface area contributed by atoms with Crippen LogP contribution in [0.15, 0.2) is 24.3 Å². The lowest BCUT2D eigenvalue weighted by Crippen LogP contribution is -2.31. The maximum atomic E-state index is 11.8. The van der Waals surface area contributed by atoms with E-state index >= 15 is 0 Å². The summed E-state index contributed by atoms with van der Waals surface area (Å²) in [6.07, 6.45) is -0.0260. The highest BCUT2D eigenvalue weighted by Crippen LogP contribution is 2.16. The minimum absolute atomic E-state index is 0.0260. The average Bonchev–Trinajstić information content (AvgIpc) is 2.17. The van der Waals surface area contributed by atoms with Crippen molar-refractivity contribution in [2.75, 3.05) is 11.4 Å². The minimum Gasteiger partial charge on any atom is -0.312 e. The number of hydrogen-bond donors (Lipinski definition) is 0. The maximum Gasteiger partial charge on any atom is 0.234 e. The number of benzene rings is 1. The van der Waals surface area contributed by atoms with E-state index in [9.17, 15) is 9.59 Å². The lowest BCUT2D eigenvalue weighted by molar-refractivity contribution is -0.125. The van der Waals surface area contributed by atoms with Gasteiger partial charge in [0.2, 0.25) is 5.91 Å². The fourth-order valence-electron chi connectivity index (χ4n) is 1.61. The van der Waals surface area contributed by atoms with Crippen LogP contribution in [0, 0.1) is 6.92 Å².